The quantitative estimate of drug-likeness (QED) is 0.0267. The molecule has 1 N–H and O–H groups in total. The molecule has 0 aromatic rings. The average Bonchev–Trinajstić information content (AvgIpc) is 3.36. The zero-order chi connectivity index (χ0) is 61.0. The Morgan fingerprint density at radius 2 is 0.877 bits per heavy atom. The summed E-state index contributed by atoms with van der Waals surface area (Å²) in [6.45, 7) is 11.2. The number of nitrogens with zero attached hydrogens (tertiary/aromatic N) is 3. The molecule has 20 atom stereocenters. The van der Waals surface area contributed by atoms with Crippen molar-refractivity contribution in [2.24, 2.45) is 11.0 Å². The SMILES string of the molecule is CC(=O)OCC1O[C@@H](OC(=N)C(Cl)(Cl)Cl)C(N=[N+]=[N-])[C@@H](O[C@@H]2OC(C)[C@@H](OC(C)=O)C(OC(C)=O)[C@H]2OC(C)=O)[C@@H]1O[C@@H]1OC(COC(C)=O)[C@H](OC(C)=O)[C@H](OC(C)=O)[C@H]1O[C@@H]1CC(OC(C)=O)[C@@H](OC(C)=O)[C@H](OC(C)=O)C1C. The van der Waals surface area contributed by atoms with E-state index in [9.17, 15) is 53.5 Å². The number of carbonyl (C=O) groups excluding carboxylic acids is 10. The van der Waals surface area contributed by atoms with Crippen molar-refractivity contribution < 1.29 is 128 Å². The highest BCUT2D eigenvalue weighted by Crippen LogP contribution is 2.42. The van der Waals surface area contributed by atoms with Crippen LogP contribution in [0.5, 0.6) is 0 Å². The third kappa shape index (κ3) is 19.4. The Morgan fingerprint density at radius 1 is 0.469 bits per heavy atom. The molecule has 0 radical (unpaired) electrons. The minimum absolute atomic E-state index is 0.394. The van der Waals surface area contributed by atoms with Gasteiger partial charge in [0, 0.05) is 86.5 Å². The molecular weight excluding hydrogens is 1160 g/mol. The van der Waals surface area contributed by atoms with E-state index < -0.39 is 211 Å². The van der Waals surface area contributed by atoms with Gasteiger partial charge in [-0.05, 0) is 12.5 Å². The molecule has 4 rings (SSSR count). The van der Waals surface area contributed by atoms with Gasteiger partial charge in [0.25, 0.3) is 3.79 Å². The number of nitrogens with one attached hydrogen (secondary N) is 1. The lowest BCUT2D eigenvalue weighted by Crippen LogP contribution is -2.68. The molecule has 0 aromatic carbocycles. The summed E-state index contributed by atoms with van der Waals surface area (Å²) in [7, 11) is 0. The Kier molecular flexibility index (Phi) is 25.0. The van der Waals surface area contributed by atoms with E-state index in [-0.39, 0.29) is 0 Å². The van der Waals surface area contributed by atoms with E-state index >= 15 is 0 Å². The van der Waals surface area contributed by atoms with Crippen molar-refractivity contribution >= 4 is 100 Å². The van der Waals surface area contributed by atoms with E-state index in [4.69, 9.17) is 121 Å². The van der Waals surface area contributed by atoms with Crippen LogP contribution in [0.25, 0.3) is 10.4 Å². The van der Waals surface area contributed by atoms with Gasteiger partial charge in [-0.1, -0.05) is 46.8 Å². The fraction of sp³-hybridized carbons (Fsp3) is 0.766. The minimum Gasteiger partial charge on any atom is -0.463 e. The van der Waals surface area contributed by atoms with Crippen LogP contribution in [0.4, 0.5) is 0 Å². The molecule has 81 heavy (non-hydrogen) atoms. The Bertz CT molecular complexity index is 2390. The molecule has 0 bridgehead atoms. The summed E-state index contributed by atoms with van der Waals surface area (Å²) < 4.78 is 97.7. The van der Waals surface area contributed by atoms with E-state index in [1.165, 1.54) is 13.8 Å². The number of halogens is 3. The van der Waals surface area contributed by atoms with Crippen molar-refractivity contribution in [3.63, 3.8) is 0 Å². The van der Waals surface area contributed by atoms with Crippen LogP contribution in [0.15, 0.2) is 5.11 Å². The van der Waals surface area contributed by atoms with Gasteiger partial charge in [-0.2, -0.15) is 0 Å². The summed E-state index contributed by atoms with van der Waals surface area (Å²) in [5.41, 5.74) is 10.2. The van der Waals surface area contributed by atoms with E-state index in [0.717, 1.165) is 69.2 Å². The van der Waals surface area contributed by atoms with E-state index in [1.54, 1.807) is 0 Å². The molecule has 1 aliphatic carbocycles. The second-order valence-corrected chi connectivity index (χ2v) is 20.9. The molecular formula is C47H63Cl3N4O27. The van der Waals surface area contributed by atoms with E-state index in [1.807, 2.05) is 0 Å². The maximum Gasteiger partial charge on any atom is 0.303 e. The molecule has 34 heteroatoms. The Balaban J connectivity index is 2.10. The molecule has 0 amide bonds. The van der Waals surface area contributed by atoms with E-state index in [2.05, 4.69) is 10.0 Å². The first kappa shape index (κ1) is 67.6. The lowest BCUT2D eigenvalue weighted by atomic mass is 9.80. The molecule has 3 aliphatic heterocycles. The molecule has 0 aromatic heterocycles. The van der Waals surface area contributed by atoms with Crippen molar-refractivity contribution in [2.75, 3.05) is 13.2 Å². The highest BCUT2D eigenvalue weighted by Gasteiger charge is 2.60. The molecule has 1 saturated carbocycles. The van der Waals surface area contributed by atoms with Gasteiger partial charge in [0.1, 0.15) is 62.0 Å². The lowest BCUT2D eigenvalue weighted by molar-refractivity contribution is -0.375. The fourth-order valence-electron chi connectivity index (χ4n) is 9.23. The van der Waals surface area contributed by atoms with Crippen LogP contribution >= 0.6 is 34.8 Å². The van der Waals surface area contributed by atoms with Crippen LogP contribution in [-0.4, -0.2) is 199 Å². The molecule has 0 spiro atoms. The highest BCUT2D eigenvalue weighted by atomic mass is 35.6. The summed E-state index contributed by atoms with van der Waals surface area (Å²) >= 11 is 18.0. The average molecular weight is 1220 g/mol. The van der Waals surface area contributed by atoms with E-state index in [0.29, 0.717) is 0 Å². The summed E-state index contributed by atoms with van der Waals surface area (Å²) in [6.07, 6.45) is -32.0. The monoisotopic (exact) mass is 1220 g/mol. The third-order valence-corrected chi connectivity index (χ3v) is 12.6. The second kappa shape index (κ2) is 29.9. The van der Waals surface area contributed by atoms with Gasteiger partial charge < -0.3 is 80.5 Å². The van der Waals surface area contributed by atoms with Crippen LogP contribution in [0.3, 0.4) is 0 Å². The standard InChI is InChI=1S/C47H63Cl3N4O27/c1-16-28(13-29(68-20(5)57)35(71-23(8)60)33(16)69-21(6)58)76-42-40(74-26(11)63)37(72-24(9)61)31(15-66-19(4)56)78-45(42)79-36-30(14-65-18(3)55)77-43(81-46(51)47(48,49)50)32(53-54-52)38(36)80-44-41(75-27(12)64)39(73-25(10)62)34(17(2)67-44)70-22(7)59/h16-17,28-45,51H,13-15H2,1-12H3/t16?,17?,28-,29?,30?,31?,32?,33-,34-,35-,36-,37+,38-,39?,40+,41-,42-,43+,44+,45+/m1/s1. The van der Waals surface area contributed by atoms with Gasteiger partial charge in [0.2, 0.25) is 12.2 Å². The van der Waals surface area contributed by atoms with Crippen molar-refractivity contribution in [2.45, 2.75) is 210 Å². The summed E-state index contributed by atoms with van der Waals surface area (Å²) in [6, 6.07) is -2.03. The van der Waals surface area contributed by atoms with Crippen LogP contribution in [-0.2, 0) is 128 Å². The number of ether oxygens (including phenoxy) is 17. The fourth-order valence-corrected chi connectivity index (χ4v) is 9.37. The maximum absolute atomic E-state index is 13.2. The topological polar surface area (TPSA) is 400 Å². The Labute approximate surface area is 477 Å². The zero-order valence-electron chi connectivity index (χ0n) is 45.7. The first-order chi connectivity index (χ1) is 37.7. The van der Waals surface area contributed by atoms with Crippen molar-refractivity contribution in [1.29, 1.82) is 5.41 Å². The first-order valence-electron chi connectivity index (χ1n) is 24.7. The smallest absolute Gasteiger partial charge is 0.303 e. The molecule has 4 aliphatic rings. The molecule has 31 nitrogen and oxygen atoms in total. The van der Waals surface area contributed by atoms with Crippen molar-refractivity contribution in [1.82, 2.24) is 0 Å². The van der Waals surface area contributed by atoms with Gasteiger partial charge >= 0.3 is 59.7 Å². The molecule has 7 unspecified atom stereocenters. The van der Waals surface area contributed by atoms with Gasteiger partial charge in [-0.15, -0.1) is 0 Å². The number of hydrogen-bond donors (Lipinski definition) is 1. The molecule has 454 valence electrons. The lowest BCUT2D eigenvalue weighted by Gasteiger charge is -2.51. The Morgan fingerprint density at radius 3 is 1.36 bits per heavy atom. The zero-order valence-corrected chi connectivity index (χ0v) is 47.9. The highest BCUT2D eigenvalue weighted by molar-refractivity contribution is 6.76. The van der Waals surface area contributed by atoms with Crippen LogP contribution in [0, 0.1) is 11.3 Å². The molecule has 3 saturated heterocycles. The minimum atomic E-state index is -2.64. The normalized spacial score (nSPS) is 33.7. The van der Waals surface area contributed by atoms with Crippen LogP contribution in [0.2, 0.25) is 0 Å². The second-order valence-electron chi connectivity index (χ2n) is 18.6. The van der Waals surface area contributed by atoms with Crippen molar-refractivity contribution in [3.8, 4) is 0 Å². The van der Waals surface area contributed by atoms with Crippen LogP contribution in [0.1, 0.15) is 89.5 Å². The van der Waals surface area contributed by atoms with Gasteiger partial charge in [-0.3, -0.25) is 53.4 Å². The molecule has 3 heterocycles. The summed E-state index contributed by atoms with van der Waals surface area (Å²) in [5, 5.41) is 12.3. The van der Waals surface area contributed by atoms with Gasteiger partial charge in [0.05, 0.1) is 12.2 Å². The Hall–Kier alpha value is -5.89. The summed E-state index contributed by atoms with van der Waals surface area (Å²) in [5.74, 6) is -11.7. The predicted molar refractivity (Wildman–Crippen MR) is 264 cm³/mol. The maximum atomic E-state index is 13.2. The number of hydrogen-bond acceptors (Lipinski definition) is 29. The predicted octanol–water partition coefficient (Wildman–Crippen LogP) is 2.37. The van der Waals surface area contributed by atoms with Crippen LogP contribution < -0.4 is 0 Å². The number of rotatable bonds is 20. The summed E-state index contributed by atoms with van der Waals surface area (Å²) in [4.78, 5) is 130. The van der Waals surface area contributed by atoms with Gasteiger partial charge in [0.15, 0.2) is 49.2 Å². The number of alkyl halides is 3. The number of azide groups is 1. The molecule has 4 fully saturated rings. The largest absolute Gasteiger partial charge is 0.463 e. The van der Waals surface area contributed by atoms with Gasteiger partial charge in [-0.25, -0.2) is 0 Å². The first-order valence-corrected chi connectivity index (χ1v) is 25.8. The van der Waals surface area contributed by atoms with Crippen molar-refractivity contribution in [3.05, 3.63) is 10.4 Å². The third-order valence-electron chi connectivity index (χ3n) is 12.1. The number of esters is 10. The number of carbonyl (C=O) groups is 10.